The van der Waals surface area contributed by atoms with Gasteiger partial charge in [0.25, 0.3) is 10.0 Å². The fourth-order valence-corrected chi connectivity index (χ4v) is 6.88. The lowest BCUT2D eigenvalue weighted by Gasteiger charge is -2.34. The van der Waals surface area contributed by atoms with Gasteiger partial charge in [-0.3, -0.25) is 13.9 Å². The lowest BCUT2D eigenvalue weighted by atomic mass is 10.1. The summed E-state index contributed by atoms with van der Waals surface area (Å²) in [6.07, 6.45) is 4.23. The van der Waals surface area contributed by atoms with Crippen LogP contribution >= 0.6 is 11.6 Å². The summed E-state index contributed by atoms with van der Waals surface area (Å²) >= 11 is 6.26. The second-order valence-electron chi connectivity index (χ2n) is 10.5. The van der Waals surface area contributed by atoms with Crippen molar-refractivity contribution in [2.45, 2.75) is 62.6 Å². The molecule has 43 heavy (non-hydrogen) atoms. The first-order chi connectivity index (χ1) is 20.7. The highest BCUT2D eigenvalue weighted by molar-refractivity contribution is 7.92. The topological polar surface area (TPSA) is 105 Å². The quantitative estimate of drug-likeness (QED) is 0.271. The van der Waals surface area contributed by atoms with E-state index in [1.54, 1.807) is 49.6 Å². The minimum atomic E-state index is -4.23. The zero-order valence-electron chi connectivity index (χ0n) is 24.7. The van der Waals surface area contributed by atoms with Gasteiger partial charge in [-0.05, 0) is 79.4 Å². The molecule has 0 heterocycles. The number of ether oxygens (including phenoxy) is 2. The second kappa shape index (κ2) is 14.6. The van der Waals surface area contributed by atoms with Crippen molar-refractivity contribution in [3.63, 3.8) is 0 Å². The Morgan fingerprint density at radius 1 is 0.953 bits per heavy atom. The first-order valence-corrected chi connectivity index (χ1v) is 16.1. The van der Waals surface area contributed by atoms with E-state index in [1.165, 1.54) is 30.2 Å². The molecule has 1 atom stereocenters. The van der Waals surface area contributed by atoms with E-state index in [9.17, 15) is 18.0 Å². The zero-order valence-corrected chi connectivity index (χ0v) is 26.2. The predicted octanol–water partition coefficient (Wildman–Crippen LogP) is 5.42. The largest absolute Gasteiger partial charge is 0.497 e. The van der Waals surface area contributed by atoms with Crippen molar-refractivity contribution in [1.29, 1.82) is 0 Å². The van der Waals surface area contributed by atoms with Gasteiger partial charge in [0, 0.05) is 17.6 Å². The van der Waals surface area contributed by atoms with E-state index in [4.69, 9.17) is 21.1 Å². The minimum absolute atomic E-state index is 0.0218. The third kappa shape index (κ3) is 8.00. The molecule has 11 heteroatoms. The van der Waals surface area contributed by atoms with Crippen molar-refractivity contribution in [3.8, 4) is 11.5 Å². The first-order valence-electron chi connectivity index (χ1n) is 14.3. The average molecular weight is 628 g/mol. The van der Waals surface area contributed by atoms with Gasteiger partial charge in [0.1, 0.15) is 24.1 Å². The molecule has 3 aromatic carbocycles. The van der Waals surface area contributed by atoms with Crippen LogP contribution in [0.1, 0.15) is 44.6 Å². The molecule has 0 radical (unpaired) electrons. The van der Waals surface area contributed by atoms with E-state index < -0.39 is 28.5 Å². The zero-order chi connectivity index (χ0) is 31.0. The van der Waals surface area contributed by atoms with Crippen molar-refractivity contribution in [2.75, 3.05) is 25.1 Å². The third-order valence-electron chi connectivity index (χ3n) is 7.60. The Kier molecular flexibility index (Phi) is 10.9. The summed E-state index contributed by atoms with van der Waals surface area (Å²) in [6, 6.07) is 18.7. The molecule has 230 valence electrons. The van der Waals surface area contributed by atoms with Crippen LogP contribution in [0.3, 0.4) is 0 Å². The Hall–Kier alpha value is -3.76. The van der Waals surface area contributed by atoms with Crippen molar-refractivity contribution >= 4 is 39.1 Å². The van der Waals surface area contributed by atoms with Gasteiger partial charge in [0.2, 0.25) is 11.8 Å². The monoisotopic (exact) mass is 627 g/mol. The minimum Gasteiger partial charge on any atom is -0.497 e. The molecule has 3 aromatic rings. The maximum Gasteiger partial charge on any atom is 0.264 e. The second-order valence-corrected chi connectivity index (χ2v) is 12.8. The molecule has 9 nitrogen and oxygen atoms in total. The van der Waals surface area contributed by atoms with Gasteiger partial charge in [-0.25, -0.2) is 8.42 Å². The Bertz CT molecular complexity index is 1510. The molecular weight excluding hydrogens is 590 g/mol. The SMILES string of the molecule is CC[C@H](C(=O)NC1CCCC1)N(Cc1cccc(OC)c1)C(=O)CN(c1cccc(Cl)c1)S(=O)(=O)c1ccc(OC)cc1. The smallest absolute Gasteiger partial charge is 0.264 e. The number of nitrogens with one attached hydrogen (secondary N) is 1. The maximum atomic E-state index is 14.2. The van der Waals surface area contributed by atoms with Crippen LogP contribution in [0.25, 0.3) is 0 Å². The van der Waals surface area contributed by atoms with Crippen LogP contribution in [0.4, 0.5) is 5.69 Å². The van der Waals surface area contributed by atoms with Crippen LogP contribution in [0.15, 0.2) is 77.7 Å². The molecular formula is C32H38ClN3O6S. The van der Waals surface area contributed by atoms with Gasteiger partial charge in [-0.2, -0.15) is 0 Å². The Morgan fingerprint density at radius 2 is 1.63 bits per heavy atom. The fourth-order valence-electron chi connectivity index (χ4n) is 5.29. The Morgan fingerprint density at radius 3 is 2.26 bits per heavy atom. The van der Waals surface area contributed by atoms with E-state index >= 15 is 0 Å². The Labute approximate surface area is 258 Å². The normalized spacial score (nSPS) is 14.1. The number of hydrogen-bond donors (Lipinski definition) is 1. The van der Waals surface area contributed by atoms with Gasteiger partial charge in [-0.15, -0.1) is 0 Å². The summed E-state index contributed by atoms with van der Waals surface area (Å²) in [7, 11) is -1.18. The predicted molar refractivity (Wildman–Crippen MR) is 167 cm³/mol. The number of sulfonamides is 1. The number of hydrogen-bond acceptors (Lipinski definition) is 6. The van der Waals surface area contributed by atoms with Crippen LogP contribution < -0.4 is 19.1 Å². The van der Waals surface area contributed by atoms with Crippen molar-refractivity contribution in [1.82, 2.24) is 10.2 Å². The van der Waals surface area contributed by atoms with Crippen LogP contribution in [-0.2, 0) is 26.2 Å². The lowest BCUT2D eigenvalue weighted by Crippen LogP contribution is -2.53. The molecule has 2 amide bonds. The molecule has 0 bridgehead atoms. The highest BCUT2D eigenvalue weighted by atomic mass is 35.5. The van der Waals surface area contributed by atoms with Crippen molar-refractivity contribution in [2.24, 2.45) is 0 Å². The number of methoxy groups -OCH3 is 2. The van der Waals surface area contributed by atoms with Gasteiger partial charge in [0.15, 0.2) is 0 Å². The molecule has 0 saturated heterocycles. The molecule has 1 N–H and O–H groups in total. The molecule has 0 unspecified atom stereocenters. The number of nitrogens with zero attached hydrogens (tertiary/aromatic N) is 2. The first kappa shape index (κ1) is 32.2. The summed E-state index contributed by atoms with van der Waals surface area (Å²) in [4.78, 5) is 29.3. The van der Waals surface area contributed by atoms with Crippen LogP contribution in [0.5, 0.6) is 11.5 Å². The van der Waals surface area contributed by atoms with E-state index in [1.807, 2.05) is 19.1 Å². The average Bonchev–Trinajstić information content (AvgIpc) is 3.52. The lowest BCUT2D eigenvalue weighted by molar-refractivity contribution is -0.140. The van der Waals surface area contributed by atoms with Gasteiger partial charge in [0.05, 0.1) is 24.8 Å². The van der Waals surface area contributed by atoms with E-state index in [2.05, 4.69) is 5.32 Å². The van der Waals surface area contributed by atoms with E-state index in [-0.39, 0.29) is 29.1 Å². The maximum absolute atomic E-state index is 14.2. The summed E-state index contributed by atoms with van der Waals surface area (Å²) in [5.74, 6) is 0.315. The van der Waals surface area contributed by atoms with Gasteiger partial charge in [-0.1, -0.05) is 49.6 Å². The van der Waals surface area contributed by atoms with Crippen LogP contribution in [-0.4, -0.2) is 58.0 Å². The van der Waals surface area contributed by atoms with Crippen molar-refractivity contribution < 1.29 is 27.5 Å². The summed E-state index contributed by atoms with van der Waals surface area (Å²) < 4.78 is 39.6. The molecule has 0 aromatic heterocycles. The van der Waals surface area contributed by atoms with Crippen molar-refractivity contribution in [3.05, 3.63) is 83.4 Å². The highest BCUT2D eigenvalue weighted by Crippen LogP contribution is 2.28. The summed E-state index contributed by atoms with van der Waals surface area (Å²) in [5.41, 5.74) is 0.966. The third-order valence-corrected chi connectivity index (χ3v) is 9.62. The molecule has 0 spiro atoms. The fraction of sp³-hybridized carbons (Fsp3) is 0.375. The summed E-state index contributed by atoms with van der Waals surface area (Å²) in [6.45, 7) is 1.37. The number of halogens is 1. The van der Waals surface area contributed by atoms with Gasteiger partial charge >= 0.3 is 0 Å². The molecule has 1 saturated carbocycles. The number of amides is 2. The Balaban J connectivity index is 1.72. The molecule has 1 fully saturated rings. The number of carbonyl (C=O) groups excluding carboxylic acids is 2. The number of anilines is 1. The van der Waals surface area contributed by atoms with Gasteiger partial charge < -0.3 is 19.7 Å². The molecule has 4 rings (SSSR count). The standard InChI is InChI=1S/C32H38ClN3O6S/c1-4-30(32(38)34-25-11-5-6-12-25)35(21-23-9-7-14-28(19-23)42-3)31(37)22-36(26-13-8-10-24(33)20-26)43(39,40)29-17-15-27(41-2)16-18-29/h7-10,13-20,25,30H,4-6,11-12,21-22H2,1-3H3,(H,34,38)/t30-/m1/s1. The number of benzene rings is 3. The number of rotatable bonds is 13. The molecule has 1 aliphatic carbocycles. The number of carbonyl (C=O) groups is 2. The molecule has 0 aliphatic heterocycles. The highest BCUT2D eigenvalue weighted by Gasteiger charge is 2.34. The van der Waals surface area contributed by atoms with E-state index in [0.29, 0.717) is 22.9 Å². The van der Waals surface area contributed by atoms with E-state index in [0.717, 1.165) is 35.6 Å². The van der Waals surface area contributed by atoms with Crippen LogP contribution in [0, 0.1) is 0 Å². The van der Waals surface area contributed by atoms with Crippen LogP contribution in [0.2, 0.25) is 5.02 Å². The summed E-state index contributed by atoms with van der Waals surface area (Å²) in [5, 5.41) is 3.43. The molecule has 1 aliphatic rings.